The van der Waals surface area contributed by atoms with Crippen LogP contribution in [0.2, 0.25) is 10.0 Å². The predicted octanol–water partition coefficient (Wildman–Crippen LogP) is 3.90. The monoisotopic (exact) mass is 396 g/mol. The SMILES string of the molecule is CCc1ccc(OCC(=O)O[C@H](C)C(=O)Nc2ncc(Cl)cc2Cl)cc1. The molecule has 1 aromatic heterocycles. The summed E-state index contributed by atoms with van der Waals surface area (Å²) in [4.78, 5) is 27.8. The topological polar surface area (TPSA) is 77.5 Å². The Bertz CT molecular complexity index is 781. The molecule has 8 heteroatoms. The van der Waals surface area contributed by atoms with Crippen LogP contribution in [0.3, 0.4) is 0 Å². The fraction of sp³-hybridized carbons (Fsp3) is 0.278. The molecule has 0 unspecified atom stereocenters. The normalized spacial score (nSPS) is 11.5. The van der Waals surface area contributed by atoms with E-state index in [-0.39, 0.29) is 17.4 Å². The van der Waals surface area contributed by atoms with Gasteiger partial charge in [-0.15, -0.1) is 0 Å². The highest BCUT2D eigenvalue weighted by Crippen LogP contribution is 2.22. The van der Waals surface area contributed by atoms with Crippen molar-refractivity contribution in [3.05, 3.63) is 52.1 Å². The summed E-state index contributed by atoms with van der Waals surface area (Å²) in [6.07, 6.45) is 1.22. The van der Waals surface area contributed by atoms with Crippen molar-refractivity contribution in [3.8, 4) is 5.75 Å². The van der Waals surface area contributed by atoms with Crippen LogP contribution < -0.4 is 10.1 Å². The molecule has 138 valence electrons. The highest BCUT2D eigenvalue weighted by atomic mass is 35.5. The second kappa shape index (κ2) is 9.40. The average molecular weight is 397 g/mol. The Morgan fingerprint density at radius 3 is 2.54 bits per heavy atom. The molecule has 6 nitrogen and oxygen atoms in total. The fourth-order valence-electron chi connectivity index (χ4n) is 1.97. The lowest BCUT2D eigenvalue weighted by molar-refractivity contribution is -0.155. The quantitative estimate of drug-likeness (QED) is 0.717. The number of pyridine rings is 1. The average Bonchev–Trinajstić information content (AvgIpc) is 2.62. The number of nitrogens with one attached hydrogen (secondary N) is 1. The number of amides is 1. The van der Waals surface area contributed by atoms with E-state index in [1.807, 2.05) is 19.1 Å². The van der Waals surface area contributed by atoms with E-state index in [0.29, 0.717) is 10.8 Å². The van der Waals surface area contributed by atoms with Gasteiger partial charge in [0, 0.05) is 6.20 Å². The van der Waals surface area contributed by atoms with Crippen LogP contribution in [-0.4, -0.2) is 29.6 Å². The number of ether oxygens (including phenoxy) is 2. The molecule has 0 radical (unpaired) electrons. The van der Waals surface area contributed by atoms with Crippen LogP contribution in [0.5, 0.6) is 5.75 Å². The third-order valence-electron chi connectivity index (χ3n) is 3.42. The lowest BCUT2D eigenvalue weighted by Crippen LogP contribution is -2.32. The molecule has 1 aromatic carbocycles. The van der Waals surface area contributed by atoms with E-state index in [0.717, 1.165) is 6.42 Å². The maximum atomic E-state index is 12.1. The molecule has 1 N–H and O–H groups in total. The zero-order valence-corrected chi connectivity index (χ0v) is 15.8. The Morgan fingerprint density at radius 2 is 1.92 bits per heavy atom. The van der Waals surface area contributed by atoms with Crippen molar-refractivity contribution in [1.82, 2.24) is 4.98 Å². The van der Waals surface area contributed by atoms with Crippen LogP contribution >= 0.6 is 23.2 Å². The smallest absolute Gasteiger partial charge is 0.344 e. The summed E-state index contributed by atoms with van der Waals surface area (Å²) in [6, 6.07) is 8.83. The maximum Gasteiger partial charge on any atom is 0.344 e. The predicted molar refractivity (Wildman–Crippen MR) is 99.8 cm³/mol. The summed E-state index contributed by atoms with van der Waals surface area (Å²) in [5.41, 5.74) is 1.17. The Morgan fingerprint density at radius 1 is 1.23 bits per heavy atom. The molecule has 0 aliphatic heterocycles. The van der Waals surface area contributed by atoms with Crippen molar-refractivity contribution in [1.29, 1.82) is 0 Å². The van der Waals surface area contributed by atoms with Crippen molar-refractivity contribution in [2.24, 2.45) is 0 Å². The number of hydrogen-bond donors (Lipinski definition) is 1. The first kappa shape index (κ1) is 20.0. The molecule has 0 saturated carbocycles. The maximum absolute atomic E-state index is 12.1. The minimum absolute atomic E-state index is 0.135. The van der Waals surface area contributed by atoms with Crippen LogP contribution in [0.15, 0.2) is 36.5 Å². The van der Waals surface area contributed by atoms with Gasteiger partial charge in [0.15, 0.2) is 18.5 Å². The van der Waals surface area contributed by atoms with E-state index in [2.05, 4.69) is 10.3 Å². The first-order valence-electron chi connectivity index (χ1n) is 7.92. The summed E-state index contributed by atoms with van der Waals surface area (Å²) in [6.45, 7) is 3.18. The first-order chi connectivity index (χ1) is 12.4. The van der Waals surface area contributed by atoms with Gasteiger partial charge in [-0.1, -0.05) is 42.3 Å². The standard InChI is InChI=1S/C18H18Cl2N2O4/c1-3-12-4-6-14(7-5-12)25-10-16(23)26-11(2)18(24)22-17-15(20)8-13(19)9-21-17/h4-9,11H,3,10H2,1-2H3,(H,21,22,24)/t11-/m1/s1. The van der Waals surface area contributed by atoms with Crippen molar-refractivity contribution in [2.45, 2.75) is 26.4 Å². The third kappa shape index (κ3) is 5.89. The molecule has 1 amide bonds. The van der Waals surface area contributed by atoms with Crippen molar-refractivity contribution >= 4 is 40.9 Å². The number of anilines is 1. The molecule has 2 rings (SSSR count). The van der Waals surface area contributed by atoms with Crippen LogP contribution in [0.25, 0.3) is 0 Å². The van der Waals surface area contributed by atoms with Crippen LogP contribution in [-0.2, 0) is 20.7 Å². The van der Waals surface area contributed by atoms with Crippen LogP contribution in [0.1, 0.15) is 19.4 Å². The molecule has 0 saturated heterocycles. The molecule has 0 bridgehead atoms. The van der Waals surface area contributed by atoms with Crippen LogP contribution in [0.4, 0.5) is 5.82 Å². The number of benzene rings is 1. The summed E-state index contributed by atoms with van der Waals surface area (Å²) in [7, 11) is 0. The van der Waals surface area contributed by atoms with E-state index < -0.39 is 18.0 Å². The number of carbonyl (C=O) groups is 2. The van der Waals surface area contributed by atoms with Crippen molar-refractivity contribution in [3.63, 3.8) is 0 Å². The van der Waals surface area contributed by atoms with Gasteiger partial charge in [0.2, 0.25) is 0 Å². The van der Waals surface area contributed by atoms with Gasteiger partial charge in [0.05, 0.1) is 10.0 Å². The zero-order valence-electron chi connectivity index (χ0n) is 14.3. The number of hydrogen-bond acceptors (Lipinski definition) is 5. The van der Waals surface area contributed by atoms with E-state index >= 15 is 0 Å². The molecule has 0 aliphatic rings. The summed E-state index contributed by atoms with van der Waals surface area (Å²) >= 11 is 11.7. The number of halogens is 2. The lowest BCUT2D eigenvalue weighted by atomic mass is 10.2. The number of nitrogens with zero attached hydrogens (tertiary/aromatic N) is 1. The Hall–Kier alpha value is -2.31. The van der Waals surface area contributed by atoms with Gasteiger partial charge >= 0.3 is 5.97 Å². The van der Waals surface area contributed by atoms with E-state index in [4.69, 9.17) is 32.7 Å². The summed E-state index contributed by atoms with van der Waals surface area (Å²) < 4.78 is 10.4. The summed E-state index contributed by atoms with van der Waals surface area (Å²) in [5.74, 6) is -0.547. The van der Waals surface area contributed by atoms with E-state index in [1.165, 1.54) is 24.8 Å². The van der Waals surface area contributed by atoms with Crippen molar-refractivity contribution < 1.29 is 19.1 Å². The van der Waals surface area contributed by atoms with Gasteiger partial charge < -0.3 is 14.8 Å². The lowest BCUT2D eigenvalue weighted by Gasteiger charge is -2.14. The fourth-order valence-corrected chi connectivity index (χ4v) is 2.40. The Balaban J connectivity index is 1.82. The molecule has 26 heavy (non-hydrogen) atoms. The highest BCUT2D eigenvalue weighted by molar-refractivity contribution is 6.36. The van der Waals surface area contributed by atoms with Gasteiger partial charge in [-0.3, -0.25) is 4.79 Å². The number of aryl methyl sites for hydroxylation is 1. The van der Waals surface area contributed by atoms with Crippen LogP contribution in [0, 0.1) is 0 Å². The second-order valence-corrected chi connectivity index (χ2v) is 6.24. The molecule has 1 atom stereocenters. The molecule has 0 aliphatic carbocycles. The first-order valence-corrected chi connectivity index (χ1v) is 8.67. The largest absolute Gasteiger partial charge is 0.482 e. The number of rotatable bonds is 7. The van der Waals surface area contributed by atoms with E-state index in [1.54, 1.807) is 12.1 Å². The molecule has 1 heterocycles. The molecular formula is C18H18Cl2N2O4. The summed E-state index contributed by atoms with van der Waals surface area (Å²) in [5, 5.41) is 3.00. The Labute approximate surface area is 161 Å². The van der Waals surface area contributed by atoms with Gasteiger partial charge in [0.25, 0.3) is 5.91 Å². The third-order valence-corrected chi connectivity index (χ3v) is 3.91. The molecule has 2 aromatic rings. The highest BCUT2D eigenvalue weighted by Gasteiger charge is 2.19. The minimum atomic E-state index is -1.04. The molecule has 0 fully saturated rings. The molecule has 0 spiro atoms. The number of aromatic nitrogens is 1. The van der Waals surface area contributed by atoms with Gasteiger partial charge in [-0.05, 0) is 37.1 Å². The Kier molecular flexibility index (Phi) is 7.24. The van der Waals surface area contributed by atoms with E-state index in [9.17, 15) is 9.59 Å². The van der Waals surface area contributed by atoms with Crippen molar-refractivity contribution in [2.75, 3.05) is 11.9 Å². The molecular weight excluding hydrogens is 379 g/mol. The van der Waals surface area contributed by atoms with Gasteiger partial charge in [0.1, 0.15) is 5.75 Å². The minimum Gasteiger partial charge on any atom is -0.482 e. The second-order valence-electron chi connectivity index (χ2n) is 5.39. The number of esters is 1. The zero-order chi connectivity index (χ0) is 19.1. The van der Waals surface area contributed by atoms with Gasteiger partial charge in [-0.25, -0.2) is 9.78 Å². The van der Waals surface area contributed by atoms with Gasteiger partial charge in [-0.2, -0.15) is 0 Å². The number of carbonyl (C=O) groups excluding carboxylic acids is 2.